The number of Topliss-reactive ketones (excluding diaryl/α,β-unsaturated/α-hetero) is 1. The Labute approximate surface area is 290 Å². The van der Waals surface area contributed by atoms with Crippen LogP contribution in [0.2, 0.25) is 10.0 Å². The molecule has 2 unspecified atom stereocenters. The number of ether oxygens (including phenoxy) is 3. The molecule has 2 heterocycles. The maximum absolute atomic E-state index is 13.8. The molecule has 0 radical (unpaired) electrons. The average Bonchev–Trinajstić information content (AvgIpc) is 3.76. The van der Waals surface area contributed by atoms with Gasteiger partial charge in [0.25, 0.3) is 5.91 Å². The molecule has 15 heteroatoms. The molecule has 10 nitrogen and oxygen atoms in total. The van der Waals surface area contributed by atoms with Gasteiger partial charge in [0, 0.05) is 49.5 Å². The molecule has 1 aromatic heterocycles. The number of carbonyl (C=O) groups is 3. The van der Waals surface area contributed by atoms with Crippen molar-refractivity contribution in [1.82, 2.24) is 9.80 Å². The van der Waals surface area contributed by atoms with Crippen molar-refractivity contribution in [3.8, 4) is 11.5 Å². The van der Waals surface area contributed by atoms with E-state index in [0.29, 0.717) is 51.8 Å². The largest absolute Gasteiger partial charge is 0.619 e. The fourth-order valence-corrected chi connectivity index (χ4v) is 6.85. The molecule has 1 aliphatic carbocycles. The molecule has 5 rings (SSSR count). The zero-order chi connectivity index (χ0) is 34.5. The average molecular weight is 725 g/mol. The number of rotatable bonds is 14. The zero-order valence-corrected chi connectivity index (χ0v) is 28.4. The van der Waals surface area contributed by atoms with Gasteiger partial charge in [-0.3, -0.25) is 14.5 Å². The Bertz CT molecular complexity index is 1650. The van der Waals surface area contributed by atoms with Gasteiger partial charge in [-0.1, -0.05) is 41.4 Å². The van der Waals surface area contributed by atoms with Crippen molar-refractivity contribution in [3.05, 3.63) is 92.4 Å². The van der Waals surface area contributed by atoms with E-state index in [2.05, 4.69) is 4.74 Å². The normalized spacial score (nSPS) is 16.9. The van der Waals surface area contributed by atoms with E-state index >= 15 is 0 Å². The number of amides is 1. The van der Waals surface area contributed by atoms with Gasteiger partial charge in [-0.2, -0.15) is 13.5 Å². The summed E-state index contributed by atoms with van der Waals surface area (Å²) < 4.78 is 43.4. The Morgan fingerprint density at radius 2 is 1.77 bits per heavy atom. The highest BCUT2D eigenvalue weighted by Gasteiger charge is 2.36. The van der Waals surface area contributed by atoms with E-state index in [4.69, 9.17) is 32.7 Å². The fraction of sp³-hybridized carbons (Fsp3) is 0.394. The predicted octanol–water partition coefficient (Wildman–Crippen LogP) is 5.80. The topological polar surface area (TPSA) is 112 Å². The molecular weight excluding hydrogens is 691 g/mol. The minimum Gasteiger partial charge on any atom is -0.619 e. The van der Waals surface area contributed by atoms with E-state index in [-0.39, 0.29) is 46.2 Å². The molecule has 1 aliphatic heterocycles. The molecule has 2 aliphatic rings. The second-order valence-electron chi connectivity index (χ2n) is 11.7. The van der Waals surface area contributed by atoms with Gasteiger partial charge in [-0.25, -0.2) is 4.79 Å². The van der Waals surface area contributed by atoms with Gasteiger partial charge in [-0.15, -0.1) is 11.8 Å². The minimum absolute atomic E-state index is 0.0406. The van der Waals surface area contributed by atoms with E-state index in [9.17, 15) is 28.4 Å². The maximum atomic E-state index is 13.8. The number of hydrogen-bond acceptors (Lipinski definition) is 9. The summed E-state index contributed by atoms with van der Waals surface area (Å²) in [5.74, 6) is -0.423. The molecule has 2 atom stereocenters. The summed E-state index contributed by atoms with van der Waals surface area (Å²) >= 11 is 14.1. The first-order valence-corrected chi connectivity index (χ1v) is 16.9. The van der Waals surface area contributed by atoms with Crippen molar-refractivity contribution in [1.29, 1.82) is 0 Å². The van der Waals surface area contributed by atoms with Crippen LogP contribution in [0.15, 0.2) is 54.9 Å². The number of ketones is 1. The highest BCUT2D eigenvalue weighted by Crippen LogP contribution is 2.38. The van der Waals surface area contributed by atoms with Crippen LogP contribution in [-0.4, -0.2) is 79.0 Å². The van der Waals surface area contributed by atoms with Crippen LogP contribution in [-0.2, 0) is 16.0 Å². The molecule has 0 N–H and O–H groups in total. The van der Waals surface area contributed by atoms with Crippen molar-refractivity contribution in [3.63, 3.8) is 0 Å². The van der Waals surface area contributed by atoms with E-state index in [0.717, 1.165) is 25.2 Å². The quantitative estimate of drug-likeness (QED) is 0.0882. The maximum Gasteiger partial charge on any atom is 0.387 e. The lowest BCUT2D eigenvalue weighted by atomic mass is 10.0. The van der Waals surface area contributed by atoms with Gasteiger partial charge in [-0.05, 0) is 48.6 Å². The predicted molar refractivity (Wildman–Crippen MR) is 176 cm³/mol. The molecular formula is C33H33Cl2F2N3O7S. The summed E-state index contributed by atoms with van der Waals surface area (Å²) in [5, 5.41) is 11.1. The van der Waals surface area contributed by atoms with Gasteiger partial charge in [0.1, 0.15) is 16.1 Å². The highest BCUT2D eigenvalue weighted by molar-refractivity contribution is 8.00. The molecule has 256 valence electrons. The van der Waals surface area contributed by atoms with E-state index in [1.165, 1.54) is 40.9 Å². The van der Waals surface area contributed by atoms with Crippen LogP contribution in [0.3, 0.4) is 0 Å². The van der Waals surface area contributed by atoms with Gasteiger partial charge < -0.3 is 24.3 Å². The number of halogens is 4. The number of alkyl halides is 2. The summed E-state index contributed by atoms with van der Waals surface area (Å²) in [6, 6.07) is 10.7. The molecule has 3 aromatic rings. The molecule has 2 fully saturated rings. The highest BCUT2D eigenvalue weighted by atomic mass is 35.5. The molecule has 1 amide bonds. The number of pyridine rings is 1. The van der Waals surface area contributed by atoms with Crippen LogP contribution in [0.25, 0.3) is 0 Å². The summed E-state index contributed by atoms with van der Waals surface area (Å²) in [6.07, 6.45) is 3.05. The Hall–Kier alpha value is -3.65. The Morgan fingerprint density at radius 1 is 1.06 bits per heavy atom. The van der Waals surface area contributed by atoms with Crippen LogP contribution in [0.1, 0.15) is 50.8 Å². The summed E-state index contributed by atoms with van der Waals surface area (Å²) in [5.41, 5.74) is 1.41. The van der Waals surface area contributed by atoms with Gasteiger partial charge in [0.05, 0.1) is 13.2 Å². The van der Waals surface area contributed by atoms with Crippen molar-refractivity contribution in [2.45, 2.75) is 37.4 Å². The Balaban J connectivity index is 1.39. The number of thioether (sulfide) groups is 1. The van der Waals surface area contributed by atoms with Crippen molar-refractivity contribution in [2.24, 2.45) is 5.92 Å². The summed E-state index contributed by atoms with van der Waals surface area (Å²) in [6.45, 7) is -2.45. The van der Waals surface area contributed by atoms with E-state index < -0.39 is 24.1 Å². The van der Waals surface area contributed by atoms with Crippen LogP contribution < -0.4 is 14.2 Å². The van der Waals surface area contributed by atoms with Gasteiger partial charge >= 0.3 is 12.6 Å². The van der Waals surface area contributed by atoms with Crippen molar-refractivity contribution >= 4 is 52.6 Å². The lowest BCUT2D eigenvalue weighted by Crippen LogP contribution is -2.39. The number of benzene rings is 2. The Morgan fingerprint density at radius 3 is 2.44 bits per heavy atom. The Kier molecular flexibility index (Phi) is 11.7. The van der Waals surface area contributed by atoms with Gasteiger partial charge in [0.2, 0.25) is 0 Å². The number of aromatic nitrogens is 1. The van der Waals surface area contributed by atoms with Crippen LogP contribution in [0.5, 0.6) is 11.5 Å². The van der Waals surface area contributed by atoms with Gasteiger partial charge in [0.15, 0.2) is 35.0 Å². The SMILES string of the molecule is CN(C)C(=O)c1cccc(C(=O)CN2CCSC2C(=O)OC(Cc2c(Cl)c[n+]([O-])cc2Cl)c2ccc(OC(F)F)c(OCC3CC3)c2)c1. The van der Waals surface area contributed by atoms with Crippen LogP contribution in [0, 0.1) is 11.1 Å². The lowest BCUT2D eigenvalue weighted by Gasteiger charge is -2.26. The number of hydrogen-bond donors (Lipinski definition) is 0. The van der Waals surface area contributed by atoms with Crippen molar-refractivity contribution in [2.75, 3.05) is 39.5 Å². The number of nitrogens with zero attached hydrogens (tertiary/aromatic N) is 3. The third kappa shape index (κ3) is 9.07. The third-order valence-corrected chi connectivity index (χ3v) is 9.68. The van der Waals surface area contributed by atoms with Crippen molar-refractivity contribution < 1.29 is 42.1 Å². The fourth-order valence-electron chi connectivity index (χ4n) is 5.10. The smallest absolute Gasteiger partial charge is 0.387 e. The molecule has 0 spiro atoms. The first-order valence-electron chi connectivity index (χ1n) is 15.1. The summed E-state index contributed by atoms with van der Waals surface area (Å²) in [4.78, 5) is 42.6. The molecule has 1 saturated heterocycles. The zero-order valence-electron chi connectivity index (χ0n) is 26.1. The summed E-state index contributed by atoms with van der Waals surface area (Å²) in [7, 11) is 3.24. The third-order valence-electron chi connectivity index (χ3n) is 7.80. The lowest BCUT2D eigenvalue weighted by molar-refractivity contribution is -0.605. The minimum atomic E-state index is -3.09. The molecule has 48 heavy (non-hydrogen) atoms. The molecule has 2 aromatic carbocycles. The number of esters is 1. The second-order valence-corrected chi connectivity index (χ2v) is 13.7. The van der Waals surface area contributed by atoms with E-state index in [1.54, 1.807) is 37.2 Å². The van der Waals surface area contributed by atoms with E-state index in [1.807, 2.05) is 0 Å². The van der Waals surface area contributed by atoms with Crippen LogP contribution >= 0.6 is 35.0 Å². The van der Waals surface area contributed by atoms with Crippen LogP contribution in [0.4, 0.5) is 8.78 Å². The molecule has 0 bridgehead atoms. The first kappa shape index (κ1) is 35.7. The second kappa shape index (κ2) is 15.7. The number of carbonyl (C=O) groups excluding carboxylic acids is 3. The standard InChI is InChI=1S/C33H33Cl2F2N3O7S/c1-38(2)30(42)22-5-3-4-20(12-22)26(41)17-39-10-11-48-31(39)32(43)46-28(14-23-24(34)15-40(44)16-25(23)35)21-8-9-27(47-33(36)37)29(13-21)45-18-19-6-7-19/h3-5,8-9,12-13,15-16,19,28,31,33H,6-7,10-11,14,17-18H2,1-2H3. The monoisotopic (exact) mass is 723 g/mol. The first-order chi connectivity index (χ1) is 22.9. The molecule has 1 saturated carbocycles.